The molecule has 0 spiro atoms. The van der Waals surface area contributed by atoms with Crippen molar-refractivity contribution in [2.45, 2.75) is 39.3 Å². The molecule has 0 saturated carbocycles. The molecule has 1 aliphatic heterocycles. The lowest BCUT2D eigenvalue weighted by Gasteiger charge is -2.40. The fourth-order valence-corrected chi connectivity index (χ4v) is 3.74. The number of carbonyl (C=O) groups is 2. The summed E-state index contributed by atoms with van der Waals surface area (Å²) in [6, 6.07) is 11.4. The number of benzene rings is 1. The van der Waals surface area contributed by atoms with Crippen molar-refractivity contribution < 1.29 is 14.3 Å². The molecule has 35 heavy (non-hydrogen) atoms. The van der Waals surface area contributed by atoms with Crippen LogP contribution in [0, 0.1) is 18.8 Å². The number of hydrogen-bond donors (Lipinski definition) is 1. The van der Waals surface area contributed by atoms with Crippen LogP contribution in [0.2, 0.25) is 5.02 Å². The van der Waals surface area contributed by atoms with Crippen molar-refractivity contribution in [1.29, 1.82) is 0 Å². The summed E-state index contributed by atoms with van der Waals surface area (Å²) < 4.78 is 6.94. The van der Waals surface area contributed by atoms with Crippen molar-refractivity contribution in [1.82, 2.24) is 19.7 Å². The van der Waals surface area contributed by atoms with Gasteiger partial charge in [-0.2, -0.15) is 5.10 Å². The topological polar surface area (TPSA) is 89.4 Å². The van der Waals surface area contributed by atoms with E-state index in [4.69, 9.17) is 16.3 Å². The van der Waals surface area contributed by atoms with Crippen molar-refractivity contribution in [2.24, 2.45) is 0 Å². The largest absolute Gasteiger partial charge is 0.444 e. The third kappa shape index (κ3) is 5.81. The maximum Gasteiger partial charge on any atom is 0.410 e. The van der Waals surface area contributed by atoms with Gasteiger partial charge in [-0.3, -0.25) is 9.48 Å². The van der Waals surface area contributed by atoms with Gasteiger partial charge in [0.2, 0.25) is 0 Å². The number of halogens is 1. The van der Waals surface area contributed by atoms with E-state index in [9.17, 15) is 9.59 Å². The minimum absolute atomic E-state index is 0.180. The van der Waals surface area contributed by atoms with E-state index in [2.05, 4.69) is 27.2 Å². The monoisotopic (exact) mass is 491 g/mol. The number of nitrogens with zero attached hydrogens (tertiary/aromatic N) is 4. The van der Waals surface area contributed by atoms with Crippen LogP contribution in [0.3, 0.4) is 0 Å². The molecule has 9 heteroatoms. The van der Waals surface area contributed by atoms with E-state index < -0.39 is 17.6 Å². The molecular formula is C26H26ClN5O3. The fraction of sp³-hybridized carbons (Fsp3) is 0.308. The van der Waals surface area contributed by atoms with Crippen LogP contribution in [0.15, 0.2) is 48.8 Å². The van der Waals surface area contributed by atoms with Crippen LogP contribution >= 0.6 is 11.6 Å². The van der Waals surface area contributed by atoms with Crippen molar-refractivity contribution in [2.75, 3.05) is 18.4 Å². The van der Waals surface area contributed by atoms with E-state index >= 15 is 0 Å². The zero-order chi connectivity index (χ0) is 25.2. The summed E-state index contributed by atoms with van der Waals surface area (Å²) in [6.07, 6.45) is 2.64. The summed E-state index contributed by atoms with van der Waals surface area (Å²) in [5, 5.41) is 7.30. The number of hydrogen-bond acceptors (Lipinski definition) is 5. The van der Waals surface area contributed by atoms with Crippen molar-refractivity contribution in [3.05, 3.63) is 76.2 Å². The van der Waals surface area contributed by atoms with Crippen LogP contribution in [-0.4, -0.2) is 50.4 Å². The highest BCUT2D eigenvalue weighted by Gasteiger charge is 2.37. The molecule has 0 unspecified atom stereocenters. The van der Waals surface area contributed by atoms with E-state index in [-0.39, 0.29) is 16.8 Å². The van der Waals surface area contributed by atoms with Gasteiger partial charge in [-0.15, -0.1) is 0 Å². The molecule has 2 amide bonds. The average Bonchev–Trinajstić information content (AvgIpc) is 3.13. The van der Waals surface area contributed by atoms with Crippen LogP contribution in [0.25, 0.3) is 0 Å². The van der Waals surface area contributed by atoms with Crippen molar-refractivity contribution in [3.63, 3.8) is 0 Å². The molecule has 0 aliphatic carbocycles. The van der Waals surface area contributed by atoms with Gasteiger partial charge < -0.3 is 15.0 Å². The molecule has 180 valence electrons. The van der Waals surface area contributed by atoms with Gasteiger partial charge in [-0.25, -0.2) is 9.78 Å². The Labute approximate surface area is 209 Å². The standard InChI is InChI=1S/C26H26ClN5O3/c1-17-12-19(11-10-18-8-6-5-7-9-18)13-28-23(17)30-24(33)22-21(27)14-29-32(22)20-15-31(16-20)25(34)35-26(2,3)4/h5-9,12-14,20H,15-16H2,1-4H3,(H,28,30,33). The normalized spacial score (nSPS) is 13.5. The number of rotatable bonds is 3. The smallest absolute Gasteiger partial charge is 0.410 e. The molecule has 3 heterocycles. The van der Waals surface area contributed by atoms with Gasteiger partial charge in [0.25, 0.3) is 5.91 Å². The lowest BCUT2D eigenvalue weighted by molar-refractivity contribution is -0.000590. The molecule has 0 bridgehead atoms. The summed E-state index contributed by atoms with van der Waals surface area (Å²) >= 11 is 6.29. The Morgan fingerprint density at radius 2 is 1.80 bits per heavy atom. The third-order valence-electron chi connectivity index (χ3n) is 5.26. The Bertz CT molecular complexity index is 1310. The van der Waals surface area contributed by atoms with Crippen molar-refractivity contribution in [3.8, 4) is 11.8 Å². The van der Waals surface area contributed by atoms with Gasteiger partial charge in [0.15, 0.2) is 0 Å². The van der Waals surface area contributed by atoms with Gasteiger partial charge in [0.1, 0.15) is 17.1 Å². The Kier molecular flexibility index (Phi) is 6.81. The Morgan fingerprint density at radius 3 is 2.46 bits per heavy atom. The summed E-state index contributed by atoms with van der Waals surface area (Å²) in [5.41, 5.74) is 2.06. The summed E-state index contributed by atoms with van der Waals surface area (Å²) in [5.74, 6) is 6.16. The highest BCUT2D eigenvalue weighted by molar-refractivity contribution is 6.34. The number of anilines is 1. The Morgan fingerprint density at radius 1 is 1.11 bits per heavy atom. The zero-order valence-electron chi connectivity index (χ0n) is 20.0. The molecule has 1 fully saturated rings. The zero-order valence-corrected chi connectivity index (χ0v) is 20.8. The quantitative estimate of drug-likeness (QED) is 0.537. The molecule has 1 aliphatic rings. The second kappa shape index (κ2) is 9.80. The van der Waals surface area contributed by atoms with Gasteiger partial charge in [0.05, 0.1) is 17.3 Å². The predicted octanol–water partition coefficient (Wildman–Crippen LogP) is 4.68. The third-order valence-corrected chi connectivity index (χ3v) is 5.54. The Hall–Kier alpha value is -3.83. The number of pyridine rings is 1. The van der Waals surface area contributed by atoms with E-state index in [0.29, 0.717) is 18.9 Å². The maximum absolute atomic E-state index is 13.1. The van der Waals surface area contributed by atoms with E-state index in [1.165, 1.54) is 6.20 Å². The highest BCUT2D eigenvalue weighted by atomic mass is 35.5. The fourth-order valence-electron chi connectivity index (χ4n) is 3.52. The minimum atomic E-state index is -0.574. The SMILES string of the molecule is Cc1cc(C#Cc2ccccc2)cnc1NC(=O)c1c(Cl)cnn1C1CN(C(=O)OC(C)(C)C)C1. The maximum atomic E-state index is 13.1. The van der Waals surface area contributed by atoms with E-state index in [1.807, 2.05) is 64.1 Å². The molecule has 4 rings (SSSR count). The lowest BCUT2D eigenvalue weighted by Crippen LogP contribution is -2.53. The van der Waals surface area contributed by atoms with Gasteiger partial charge >= 0.3 is 6.09 Å². The number of amides is 2. The van der Waals surface area contributed by atoms with Crippen LogP contribution in [0.1, 0.15) is 54.0 Å². The first kappa shape index (κ1) is 24.3. The first-order valence-electron chi connectivity index (χ1n) is 11.2. The predicted molar refractivity (Wildman–Crippen MR) is 133 cm³/mol. The van der Waals surface area contributed by atoms with E-state index in [0.717, 1.165) is 16.7 Å². The number of ether oxygens (including phenoxy) is 1. The van der Waals surface area contributed by atoms with E-state index in [1.54, 1.807) is 15.8 Å². The molecule has 3 aromatic rings. The minimum Gasteiger partial charge on any atom is -0.444 e. The van der Waals surface area contributed by atoms with Crippen LogP contribution in [0.4, 0.5) is 10.6 Å². The number of carbonyl (C=O) groups excluding carboxylic acids is 2. The average molecular weight is 492 g/mol. The van der Waals surface area contributed by atoms with Crippen LogP contribution < -0.4 is 5.32 Å². The second-order valence-corrected chi connectivity index (χ2v) is 9.69. The molecule has 8 nitrogen and oxygen atoms in total. The summed E-state index contributed by atoms with van der Waals surface area (Å²) in [4.78, 5) is 31.2. The van der Waals surface area contributed by atoms with Gasteiger partial charge in [-0.1, -0.05) is 41.6 Å². The number of likely N-dealkylation sites (tertiary alicyclic amines) is 1. The van der Waals surface area contributed by atoms with Gasteiger partial charge in [-0.05, 0) is 51.5 Å². The van der Waals surface area contributed by atoms with Crippen LogP contribution in [0.5, 0.6) is 0 Å². The summed E-state index contributed by atoms with van der Waals surface area (Å²) in [6.45, 7) is 8.04. The molecule has 1 N–H and O–H groups in total. The molecular weight excluding hydrogens is 466 g/mol. The molecule has 1 aromatic carbocycles. The molecule has 0 radical (unpaired) electrons. The molecule has 2 aromatic heterocycles. The summed E-state index contributed by atoms with van der Waals surface area (Å²) in [7, 11) is 0. The number of nitrogens with one attached hydrogen (secondary N) is 1. The van der Waals surface area contributed by atoms with Gasteiger partial charge in [0, 0.05) is 30.4 Å². The van der Waals surface area contributed by atoms with Crippen molar-refractivity contribution >= 4 is 29.4 Å². The Balaban J connectivity index is 1.44. The number of aryl methyl sites for hydroxylation is 1. The number of aromatic nitrogens is 3. The first-order valence-corrected chi connectivity index (χ1v) is 11.5. The van der Waals surface area contributed by atoms with Crippen LogP contribution in [-0.2, 0) is 4.74 Å². The molecule has 0 atom stereocenters. The molecule has 1 saturated heterocycles. The lowest BCUT2D eigenvalue weighted by atomic mass is 10.1. The second-order valence-electron chi connectivity index (χ2n) is 9.28. The highest BCUT2D eigenvalue weighted by Crippen LogP contribution is 2.28. The first-order chi connectivity index (χ1) is 16.6.